The van der Waals surface area contributed by atoms with E-state index in [4.69, 9.17) is 5.73 Å². The summed E-state index contributed by atoms with van der Waals surface area (Å²) in [5.41, 5.74) is 6.04. The molecule has 2 aromatic heterocycles. The van der Waals surface area contributed by atoms with E-state index in [-0.39, 0.29) is 5.82 Å². The van der Waals surface area contributed by atoms with Crippen molar-refractivity contribution in [1.82, 2.24) is 17.7 Å². The van der Waals surface area contributed by atoms with Gasteiger partial charge in [0.25, 0.3) is 0 Å². The fraction of sp³-hybridized carbons (Fsp3) is 0. The van der Waals surface area contributed by atoms with Gasteiger partial charge in [-0.25, -0.2) is 9.78 Å². The molecule has 0 radical (unpaired) electrons. The molecule has 0 unspecified atom stereocenters. The summed E-state index contributed by atoms with van der Waals surface area (Å²) in [7, 11) is 0. The van der Waals surface area contributed by atoms with Crippen molar-refractivity contribution in [3.8, 4) is 0 Å². The molecule has 0 bridgehead atoms. The summed E-state index contributed by atoms with van der Waals surface area (Å²) >= 11 is 1.97. The van der Waals surface area contributed by atoms with Gasteiger partial charge in [-0.2, -0.15) is 4.98 Å². The van der Waals surface area contributed by atoms with Crippen molar-refractivity contribution in [2.24, 2.45) is 0 Å². The maximum atomic E-state index is 10.9. The first-order valence-corrected chi connectivity index (χ1v) is 4.04. The number of nitrogen functional groups attached to an aromatic ring is 1. The Labute approximate surface area is 80.3 Å². The van der Waals surface area contributed by atoms with Crippen molar-refractivity contribution < 1.29 is 0 Å². The van der Waals surface area contributed by atoms with Crippen molar-refractivity contribution in [2.75, 3.05) is 5.73 Å². The maximum absolute atomic E-state index is 10.9. The van der Waals surface area contributed by atoms with Crippen LogP contribution in [0, 0.1) is 0 Å². The standard InChI is InChI=1S/C5H4IN5O/c6-11-1-8-2-3(7)9-5(12)10-4(2)11/h1H,(H3,7,9,10,12). The van der Waals surface area contributed by atoms with Gasteiger partial charge in [0.15, 0.2) is 5.65 Å². The molecule has 0 saturated heterocycles. The van der Waals surface area contributed by atoms with Gasteiger partial charge in [0, 0.05) is 0 Å². The Balaban J connectivity index is 3.02. The fourth-order valence-electron chi connectivity index (χ4n) is 0.911. The molecule has 0 aliphatic carbocycles. The molecule has 2 rings (SSSR count). The third kappa shape index (κ3) is 0.967. The van der Waals surface area contributed by atoms with Crippen molar-refractivity contribution in [2.45, 2.75) is 0 Å². The molecule has 12 heavy (non-hydrogen) atoms. The summed E-state index contributed by atoms with van der Waals surface area (Å²) in [6.07, 6.45) is 1.54. The van der Waals surface area contributed by atoms with Crippen LogP contribution in [0.2, 0.25) is 0 Å². The Bertz CT molecular complexity index is 486. The van der Waals surface area contributed by atoms with E-state index in [9.17, 15) is 4.79 Å². The predicted octanol–water partition coefficient (Wildman–Crippen LogP) is -0.100. The van der Waals surface area contributed by atoms with Crippen LogP contribution >= 0.6 is 22.9 Å². The second kappa shape index (κ2) is 2.44. The van der Waals surface area contributed by atoms with Crippen LogP contribution in [0.25, 0.3) is 11.2 Å². The third-order valence-corrected chi connectivity index (χ3v) is 2.11. The monoisotopic (exact) mass is 277 g/mol. The average Bonchev–Trinajstić information content (AvgIpc) is 2.33. The summed E-state index contributed by atoms with van der Waals surface area (Å²) in [6, 6.07) is 0. The lowest BCUT2D eigenvalue weighted by atomic mass is 10.5. The molecule has 0 atom stereocenters. The largest absolute Gasteiger partial charge is 0.383 e. The molecular formula is C5H4IN5O. The van der Waals surface area contributed by atoms with E-state index >= 15 is 0 Å². The highest BCUT2D eigenvalue weighted by molar-refractivity contribution is 14.1. The Morgan fingerprint density at radius 2 is 2.42 bits per heavy atom. The first-order chi connectivity index (χ1) is 5.68. The SMILES string of the molecule is Nc1[nH]c(=O)nc2c1ncn2I. The van der Waals surface area contributed by atoms with Gasteiger partial charge in [-0.3, -0.25) is 7.76 Å². The summed E-state index contributed by atoms with van der Waals surface area (Å²) in [4.78, 5) is 20.9. The van der Waals surface area contributed by atoms with Gasteiger partial charge in [-0.15, -0.1) is 0 Å². The minimum absolute atomic E-state index is 0.250. The Hall–Kier alpha value is -1.12. The number of nitrogens with zero attached hydrogens (tertiary/aromatic N) is 3. The number of hydrogen-bond donors (Lipinski definition) is 2. The van der Waals surface area contributed by atoms with Gasteiger partial charge in [0.05, 0.1) is 22.9 Å². The number of aromatic nitrogens is 4. The van der Waals surface area contributed by atoms with E-state index in [2.05, 4.69) is 15.0 Å². The average molecular weight is 277 g/mol. The molecule has 0 fully saturated rings. The quantitative estimate of drug-likeness (QED) is 0.658. The smallest absolute Gasteiger partial charge is 0.348 e. The van der Waals surface area contributed by atoms with E-state index in [0.717, 1.165) is 0 Å². The minimum Gasteiger partial charge on any atom is -0.383 e. The zero-order chi connectivity index (χ0) is 8.72. The molecule has 0 saturated carbocycles. The molecule has 62 valence electrons. The highest BCUT2D eigenvalue weighted by atomic mass is 127. The highest BCUT2D eigenvalue weighted by Gasteiger charge is 2.06. The number of hydrogen-bond acceptors (Lipinski definition) is 4. The van der Waals surface area contributed by atoms with Gasteiger partial charge < -0.3 is 5.73 Å². The van der Waals surface area contributed by atoms with Gasteiger partial charge >= 0.3 is 5.69 Å². The van der Waals surface area contributed by atoms with E-state index in [1.807, 2.05) is 22.9 Å². The van der Waals surface area contributed by atoms with Gasteiger partial charge in [-0.1, -0.05) is 0 Å². The van der Waals surface area contributed by atoms with Crippen LogP contribution in [-0.4, -0.2) is 17.7 Å². The maximum Gasteiger partial charge on any atom is 0.348 e. The summed E-state index contributed by atoms with van der Waals surface area (Å²) in [5, 5.41) is 0. The van der Waals surface area contributed by atoms with Crippen LogP contribution in [0.3, 0.4) is 0 Å². The van der Waals surface area contributed by atoms with Gasteiger partial charge in [0.2, 0.25) is 0 Å². The van der Waals surface area contributed by atoms with Crippen LogP contribution in [0.1, 0.15) is 0 Å². The van der Waals surface area contributed by atoms with Gasteiger partial charge in [0.1, 0.15) is 17.7 Å². The second-order valence-corrected chi connectivity index (χ2v) is 3.22. The third-order valence-electron chi connectivity index (χ3n) is 1.41. The normalized spacial score (nSPS) is 10.8. The van der Waals surface area contributed by atoms with E-state index in [0.29, 0.717) is 11.2 Å². The molecule has 0 aliphatic heterocycles. The topological polar surface area (TPSA) is 89.6 Å². The molecule has 2 heterocycles. The van der Waals surface area contributed by atoms with Crippen molar-refractivity contribution in [3.05, 3.63) is 16.8 Å². The molecule has 3 N–H and O–H groups in total. The lowest BCUT2D eigenvalue weighted by molar-refractivity contribution is 1.11. The predicted molar refractivity (Wildman–Crippen MR) is 52.0 cm³/mol. The highest BCUT2D eigenvalue weighted by Crippen LogP contribution is 2.13. The number of nitrogens with one attached hydrogen (secondary N) is 1. The van der Waals surface area contributed by atoms with Crippen molar-refractivity contribution in [3.63, 3.8) is 0 Å². The number of H-pyrrole nitrogens is 1. The first kappa shape index (κ1) is 7.53. The Morgan fingerprint density at radius 1 is 1.67 bits per heavy atom. The Morgan fingerprint density at radius 3 is 3.17 bits per heavy atom. The van der Waals surface area contributed by atoms with Crippen LogP contribution < -0.4 is 11.4 Å². The summed E-state index contributed by atoms with van der Waals surface area (Å²) in [5.74, 6) is 0.250. The zero-order valence-corrected chi connectivity index (χ0v) is 7.94. The van der Waals surface area contributed by atoms with E-state index < -0.39 is 5.69 Å². The Kier molecular flexibility index (Phi) is 1.53. The van der Waals surface area contributed by atoms with Crippen LogP contribution in [0.5, 0.6) is 0 Å². The first-order valence-electron chi connectivity index (χ1n) is 3.07. The molecule has 0 amide bonds. The van der Waals surface area contributed by atoms with E-state index in [1.54, 1.807) is 9.11 Å². The number of imidazole rings is 1. The molecule has 7 heteroatoms. The van der Waals surface area contributed by atoms with Crippen LogP contribution in [0.15, 0.2) is 11.1 Å². The number of rotatable bonds is 0. The lowest BCUT2D eigenvalue weighted by Crippen LogP contribution is -2.12. The number of fused-ring (bicyclic) bond motifs is 1. The lowest BCUT2D eigenvalue weighted by Gasteiger charge is -1.92. The molecule has 0 spiro atoms. The van der Waals surface area contributed by atoms with Crippen LogP contribution in [-0.2, 0) is 0 Å². The molecule has 6 nitrogen and oxygen atoms in total. The number of nitrogens with two attached hydrogens (primary N) is 1. The minimum atomic E-state index is -0.460. The van der Waals surface area contributed by atoms with E-state index in [1.165, 1.54) is 0 Å². The zero-order valence-electron chi connectivity index (χ0n) is 5.78. The fourth-order valence-corrected chi connectivity index (χ4v) is 1.37. The second-order valence-electron chi connectivity index (χ2n) is 2.18. The summed E-state index contributed by atoms with van der Waals surface area (Å²) < 4.78 is 1.61. The van der Waals surface area contributed by atoms with Crippen LogP contribution in [0.4, 0.5) is 5.82 Å². The molecule has 2 aromatic rings. The number of anilines is 1. The number of halogens is 1. The van der Waals surface area contributed by atoms with Crippen molar-refractivity contribution in [1.29, 1.82) is 0 Å². The molecular weight excluding hydrogens is 273 g/mol. The summed E-state index contributed by atoms with van der Waals surface area (Å²) in [6.45, 7) is 0. The van der Waals surface area contributed by atoms with Crippen molar-refractivity contribution >= 4 is 39.8 Å². The number of aromatic amines is 1. The molecule has 0 aromatic carbocycles. The van der Waals surface area contributed by atoms with Gasteiger partial charge in [-0.05, 0) is 0 Å². The molecule has 0 aliphatic rings.